The lowest BCUT2D eigenvalue weighted by Gasteiger charge is -2.33. The summed E-state index contributed by atoms with van der Waals surface area (Å²) >= 11 is 0. The van der Waals surface area contributed by atoms with Crippen LogP contribution in [0.2, 0.25) is 0 Å². The van der Waals surface area contributed by atoms with Gasteiger partial charge in [-0.15, -0.1) is 0 Å². The molecule has 0 aliphatic carbocycles. The van der Waals surface area contributed by atoms with E-state index in [0.717, 1.165) is 17.7 Å². The van der Waals surface area contributed by atoms with E-state index < -0.39 is 24.9 Å². The first-order chi connectivity index (χ1) is 15.9. The second-order valence-corrected chi connectivity index (χ2v) is 8.15. The molecule has 1 aromatic carbocycles. The second-order valence-electron chi connectivity index (χ2n) is 8.15. The Balaban J connectivity index is 1.35. The predicted octanol–water partition coefficient (Wildman–Crippen LogP) is 2.74. The van der Waals surface area contributed by atoms with Gasteiger partial charge in [0.2, 0.25) is 5.95 Å². The molecule has 0 spiro atoms. The Morgan fingerprint density at radius 3 is 2.64 bits per heavy atom. The number of benzene rings is 1. The number of anilines is 2. The highest BCUT2D eigenvalue weighted by Gasteiger charge is 2.35. The molecule has 33 heavy (non-hydrogen) atoms. The molecule has 2 aliphatic heterocycles. The normalized spacial score (nSPS) is 19.9. The molecule has 0 saturated carbocycles. The molecule has 0 bridgehead atoms. The van der Waals surface area contributed by atoms with E-state index in [2.05, 4.69) is 32.3 Å². The van der Waals surface area contributed by atoms with Crippen molar-refractivity contribution in [2.24, 2.45) is 0 Å². The lowest BCUT2D eigenvalue weighted by atomic mass is 10.1. The van der Waals surface area contributed by atoms with E-state index in [0.29, 0.717) is 37.9 Å². The highest BCUT2D eigenvalue weighted by molar-refractivity contribution is 5.89. The van der Waals surface area contributed by atoms with Crippen LogP contribution in [0, 0.1) is 0 Å². The fraction of sp³-hybridized carbons (Fsp3) is 0.455. The molecular formula is C22H27FN6O4. The van der Waals surface area contributed by atoms with Crippen LogP contribution in [-0.2, 0) is 11.3 Å². The molecule has 10 nitrogen and oxygen atoms in total. The first kappa shape index (κ1) is 22.7. The van der Waals surface area contributed by atoms with Gasteiger partial charge in [-0.2, -0.15) is 4.98 Å². The Hall–Kier alpha value is -3.47. The average Bonchev–Trinajstić information content (AvgIpc) is 3.20. The van der Waals surface area contributed by atoms with E-state index in [9.17, 15) is 14.0 Å². The van der Waals surface area contributed by atoms with Crippen LogP contribution in [0.3, 0.4) is 0 Å². The molecule has 2 aliphatic rings. The minimum absolute atomic E-state index is 0.0000925. The summed E-state index contributed by atoms with van der Waals surface area (Å²) in [6.45, 7) is 4.51. The number of ether oxygens (including phenoxy) is 1. The third kappa shape index (κ3) is 5.30. The maximum atomic E-state index is 13.2. The molecule has 2 N–H and O–H groups in total. The SMILES string of the molecule is CC(Nc1nccc(N2C(=O)OC[C@@H]2CF)n1)c1ccc(CN2CCN(C(=O)O)CC2)cc1. The summed E-state index contributed by atoms with van der Waals surface area (Å²) in [5.41, 5.74) is 2.18. The van der Waals surface area contributed by atoms with Crippen LogP contribution in [0.15, 0.2) is 36.5 Å². The molecule has 3 heterocycles. The minimum atomic E-state index is -0.863. The number of halogens is 1. The summed E-state index contributed by atoms with van der Waals surface area (Å²) in [6, 6.07) is 8.94. The van der Waals surface area contributed by atoms with Crippen molar-refractivity contribution in [3.63, 3.8) is 0 Å². The van der Waals surface area contributed by atoms with Gasteiger partial charge >= 0.3 is 12.2 Å². The number of rotatable bonds is 7. The van der Waals surface area contributed by atoms with Crippen molar-refractivity contribution in [2.75, 3.05) is 49.7 Å². The summed E-state index contributed by atoms with van der Waals surface area (Å²) in [7, 11) is 0. The van der Waals surface area contributed by atoms with Crippen LogP contribution in [-0.4, -0.2) is 82.6 Å². The number of cyclic esters (lactones) is 1. The number of nitrogens with zero attached hydrogens (tertiary/aromatic N) is 5. The monoisotopic (exact) mass is 458 g/mol. The highest BCUT2D eigenvalue weighted by atomic mass is 19.1. The van der Waals surface area contributed by atoms with Gasteiger partial charge in [0.25, 0.3) is 0 Å². The van der Waals surface area contributed by atoms with Gasteiger partial charge < -0.3 is 20.1 Å². The molecular weight excluding hydrogens is 431 g/mol. The van der Waals surface area contributed by atoms with E-state index in [-0.39, 0.29) is 12.6 Å². The largest absolute Gasteiger partial charge is 0.465 e. The van der Waals surface area contributed by atoms with Crippen molar-refractivity contribution in [3.05, 3.63) is 47.7 Å². The number of carbonyl (C=O) groups excluding carboxylic acids is 1. The summed E-state index contributed by atoms with van der Waals surface area (Å²) in [5, 5.41) is 12.3. The smallest absolute Gasteiger partial charge is 0.416 e. The summed E-state index contributed by atoms with van der Waals surface area (Å²) in [5.74, 6) is 0.626. The molecule has 176 valence electrons. The van der Waals surface area contributed by atoms with Crippen LogP contribution in [0.1, 0.15) is 24.1 Å². The molecule has 4 rings (SSSR count). The summed E-state index contributed by atoms with van der Waals surface area (Å²) in [4.78, 5) is 36.5. The highest BCUT2D eigenvalue weighted by Crippen LogP contribution is 2.24. The van der Waals surface area contributed by atoms with E-state index in [1.165, 1.54) is 16.0 Å². The molecule has 2 fully saturated rings. The zero-order chi connectivity index (χ0) is 23.4. The average molecular weight is 458 g/mol. The maximum Gasteiger partial charge on any atom is 0.416 e. The van der Waals surface area contributed by atoms with E-state index in [1.54, 1.807) is 6.07 Å². The van der Waals surface area contributed by atoms with Crippen molar-refractivity contribution in [1.29, 1.82) is 0 Å². The van der Waals surface area contributed by atoms with Crippen molar-refractivity contribution in [2.45, 2.75) is 25.6 Å². The third-order valence-electron chi connectivity index (χ3n) is 5.90. The fourth-order valence-corrected chi connectivity index (χ4v) is 3.95. The molecule has 2 amide bonds. The number of carboxylic acid groups (broad SMARTS) is 1. The summed E-state index contributed by atoms with van der Waals surface area (Å²) < 4.78 is 18.1. The standard InChI is InChI=1S/C22H27FN6O4/c1-15(25-20-24-7-6-19(26-20)29-18(12-23)14-33-22(29)32)17-4-2-16(3-5-17)13-27-8-10-28(11-9-27)21(30)31/h2-7,15,18H,8-14H2,1H3,(H,30,31)(H,24,25,26)/t15?,18-/m0/s1. The molecule has 1 aromatic heterocycles. The third-order valence-corrected chi connectivity index (χ3v) is 5.90. The van der Waals surface area contributed by atoms with Crippen LogP contribution >= 0.6 is 0 Å². The first-order valence-electron chi connectivity index (χ1n) is 10.8. The number of carbonyl (C=O) groups is 2. The van der Waals surface area contributed by atoms with Crippen molar-refractivity contribution in [1.82, 2.24) is 19.8 Å². The lowest BCUT2D eigenvalue weighted by Crippen LogP contribution is -2.47. The van der Waals surface area contributed by atoms with Gasteiger partial charge in [0, 0.05) is 38.9 Å². The van der Waals surface area contributed by atoms with Crippen LogP contribution in [0.5, 0.6) is 0 Å². The van der Waals surface area contributed by atoms with Crippen LogP contribution in [0.25, 0.3) is 0 Å². The van der Waals surface area contributed by atoms with Crippen molar-refractivity contribution >= 4 is 24.0 Å². The number of hydrogen-bond donors (Lipinski definition) is 2. The van der Waals surface area contributed by atoms with Gasteiger partial charge in [-0.05, 0) is 24.1 Å². The van der Waals surface area contributed by atoms with Gasteiger partial charge in [-0.1, -0.05) is 24.3 Å². The van der Waals surface area contributed by atoms with Crippen molar-refractivity contribution < 1.29 is 23.8 Å². The topological polar surface area (TPSA) is 111 Å². The Morgan fingerprint density at radius 2 is 1.97 bits per heavy atom. The Labute approximate surface area is 191 Å². The quantitative estimate of drug-likeness (QED) is 0.652. The zero-order valence-corrected chi connectivity index (χ0v) is 18.4. The number of alkyl halides is 1. The lowest BCUT2D eigenvalue weighted by molar-refractivity contribution is 0.103. The molecule has 2 atom stereocenters. The van der Waals surface area contributed by atoms with Gasteiger partial charge in [-0.25, -0.2) is 19.0 Å². The maximum absolute atomic E-state index is 13.2. The summed E-state index contributed by atoms with van der Waals surface area (Å²) in [6.07, 6.45) is 0.0405. The van der Waals surface area contributed by atoms with Crippen LogP contribution < -0.4 is 10.2 Å². The number of hydrogen-bond acceptors (Lipinski definition) is 7. The molecule has 0 radical (unpaired) electrons. The van der Waals surface area contributed by atoms with Gasteiger partial charge in [0.15, 0.2) is 0 Å². The number of piperazine rings is 1. The number of aromatic nitrogens is 2. The fourth-order valence-electron chi connectivity index (χ4n) is 3.95. The molecule has 1 unspecified atom stereocenters. The Kier molecular flexibility index (Phi) is 6.87. The molecule has 11 heteroatoms. The zero-order valence-electron chi connectivity index (χ0n) is 18.4. The minimum Gasteiger partial charge on any atom is -0.465 e. The van der Waals surface area contributed by atoms with Gasteiger partial charge in [0.05, 0.1) is 6.04 Å². The Morgan fingerprint density at radius 1 is 1.24 bits per heavy atom. The second kappa shape index (κ2) is 9.99. The van der Waals surface area contributed by atoms with E-state index >= 15 is 0 Å². The number of nitrogens with one attached hydrogen (secondary N) is 1. The van der Waals surface area contributed by atoms with E-state index in [1.807, 2.05) is 19.1 Å². The van der Waals surface area contributed by atoms with Gasteiger partial charge in [0.1, 0.15) is 25.1 Å². The molecule has 2 saturated heterocycles. The van der Waals surface area contributed by atoms with Gasteiger partial charge in [-0.3, -0.25) is 9.80 Å². The Bertz CT molecular complexity index is 983. The van der Waals surface area contributed by atoms with Crippen molar-refractivity contribution in [3.8, 4) is 0 Å². The number of amides is 2. The van der Waals surface area contributed by atoms with Crippen LogP contribution in [0.4, 0.5) is 25.7 Å². The predicted molar refractivity (Wildman–Crippen MR) is 119 cm³/mol. The first-order valence-corrected chi connectivity index (χ1v) is 10.8. The van der Waals surface area contributed by atoms with E-state index in [4.69, 9.17) is 9.84 Å². The molecule has 2 aromatic rings.